The molecule has 0 amide bonds. The van der Waals surface area contributed by atoms with Crippen molar-refractivity contribution in [2.75, 3.05) is 33.7 Å². The molecule has 0 bridgehead atoms. The Labute approximate surface area is 191 Å². The van der Waals surface area contributed by atoms with E-state index in [-0.39, 0.29) is 11.2 Å². The lowest BCUT2D eigenvalue weighted by Crippen LogP contribution is -2.30. The highest BCUT2D eigenvalue weighted by molar-refractivity contribution is 7.21. The standard InChI is InChI=1S/C25H29N3O3S/c1-5-16-13-17-23(30)19(25-26-20-9-7-8-10-21(20)32-25)15-31-24(17)18(22(16)29)14-28(4)12-11-27(3)6-2/h7-10,13,15,29H,5-6,11-12,14H2,1-4H3. The Bertz CT molecular complexity index is 1280. The quantitative estimate of drug-likeness (QED) is 0.418. The molecular formula is C25H29N3O3S. The summed E-state index contributed by atoms with van der Waals surface area (Å²) in [4.78, 5) is 22.5. The van der Waals surface area contributed by atoms with E-state index in [0.717, 1.165) is 35.4 Å². The summed E-state index contributed by atoms with van der Waals surface area (Å²) in [6.45, 7) is 7.35. The minimum Gasteiger partial charge on any atom is -0.507 e. The monoisotopic (exact) mass is 451 g/mol. The number of nitrogens with zero attached hydrogens (tertiary/aromatic N) is 3. The molecule has 0 saturated carbocycles. The van der Waals surface area contributed by atoms with Crippen molar-refractivity contribution in [2.45, 2.75) is 26.8 Å². The van der Waals surface area contributed by atoms with Gasteiger partial charge in [-0.25, -0.2) is 4.98 Å². The van der Waals surface area contributed by atoms with Crippen LogP contribution in [0.2, 0.25) is 0 Å². The third kappa shape index (κ3) is 4.28. The number of hydrogen-bond donors (Lipinski definition) is 1. The summed E-state index contributed by atoms with van der Waals surface area (Å²) in [6.07, 6.45) is 2.11. The van der Waals surface area contributed by atoms with Crippen LogP contribution in [0.15, 0.2) is 45.8 Å². The SMILES string of the molecule is CCc1cc2c(=O)c(-c3nc4ccccc4s3)coc2c(CN(C)CCN(C)CC)c1O. The maximum atomic E-state index is 13.5. The number of phenols is 1. The average molecular weight is 452 g/mol. The van der Waals surface area contributed by atoms with Crippen molar-refractivity contribution in [1.82, 2.24) is 14.8 Å². The van der Waals surface area contributed by atoms with E-state index in [9.17, 15) is 9.90 Å². The highest BCUT2D eigenvalue weighted by atomic mass is 32.1. The largest absolute Gasteiger partial charge is 0.507 e. The summed E-state index contributed by atoms with van der Waals surface area (Å²) in [5.41, 5.74) is 3.07. The first kappa shape index (κ1) is 22.5. The van der Waals surface area contributed by atoms with Gasteiger partial charge in [0.2, 0.25) is 5.43 Å². The Morgan fingerprint density at radius 2 is 1.88 bits per heavy atom. The first-order chi connectivity index (χ1) is 15.4. The minimum absolute atomic E-state index is 0.116. The number of hydrogen-bond acceptors (Lipinski definition) is 7. The van der Waals surface area contributed by atoms with Crippen LogP contribution in [-0.2, 0) is 13.0 Å². The molecule has 4 rings (SSSR count). The number of thiazole rings is 1. The molecule has 0 saturated heterocycles. The van der Waals surface area contributed by atoms with Crippen molar-refractivity contribution in [1.29, 1.82) is 0 Å². The topological polar surface area (TPSA) is 69.8 Å². The summed E-state index contributed by atoms with van der Waals surface area (Å²) >= 11 is 1.48. The van der Waals surface area contributed by atoms with Gasteiger partial charge < -0.3 is 19.3 Å². The van der Waals surface area contributed by atoms with E-state index in [0.29, 0.717) is 40.1 Å². The lowest BCUT2D eigenvalue weighted by atomic mass is 10.0. The number of rotatable bonds is 8. The summed E-state index contributed by atoms with van der Waals surface area (Å²) in [5, 5.41) is 12.1. The zero-order valence-electron chi connectivity index (χ0n) is 19.0. The van der Waals surface area contributed by atoms with Crippen LogP contribution >= 0.6 is 11.3 Å². The predicted molar refractivity (Wildman–Crippen MR) is 132 cm³/mol. The van der Waals surface area contributed by atoms with Gasteiger partial charge in [-0.2, -0.15) is 0 Å². The van der Waals surface area contributed by atoms with Crippen molar-refractivity contribution in [3.63, 3.8) is 0 Å². The van der Waals surface area contributed by atoms with Crippen LogP contribution < -0.4 is 5.43 Å². The number of fused-ring (bicyclic) bond motifs is 2. The van der Waals surface area contributed by atoms with E-state index in [1.807, 2.05) is 38.2 Å². The van der Waals surface area contributed by atoms with Crippen LogP contribution in [0, 0.1) is 0 Å². The molecule has 32 heavy (non-hydrogen) atoms. The summed E-state index contributed by atoms with van der Waals surface area (Å²) in [6, 6.07) is 9.60. The molecular weight excluding hydrogens is 422 g/mol. The normalized spacial score (nSPS) is 11.9. The molecule has 0 spiro atoms. The van der Waals surface area contributed by atoms with E-state index < -0.39 is 0 Å². The second-order valence-electron chi connectivity index (χ2n) is 8.19. The Balaban J connectivity index is 1.78. The van der Waals surface area contributed by atoms with E-state index in [4.69, 9.17) is 4.42 Å². The fraction of sp³-hybridized carbons (Fsp3) is 0.360. The van der Waals surface area contributed by atoms with E-state index in [2.05, 4.69) is 28.8 Å². The summed E-state index contributed by atoms with van der Waals surface area (Å²) in [5.74, 6) is 0.214. The first-order valence-electron chi connectivity index (χ1n) is 10.9. The molecule has 0 atom stereocenters. The van der Waals surface area contributed by atoms with E-state index in [1.165, 1.54) is 17.6 Å². The third-order valence-corrected chi connectivity index (χ3v) is 7.02. The van der Waals surface area contributed by atoms with Gasteiger partial charge in [0.1, 0.15) is 22.6 Å². The molecule has 1 N–H and O–H groups in total. The van der Waals surface area contributed by atoms with Gasteiger partial charge in [-0.15, -0.1) is 11.3 Å². The molecule has 0 unspecified atom stereocenters. The Hall–Kier alpha value is -2.74. The van der Waals surface area contributed by atoms with E-state index >= 15 is 0 Å². The number of likely N-dealkylation sites (N-methyl/N-ethyl adjacent to an activating group) is 2. The molecule has 6 nitrogen and oxygen atoms in total. The lowest BCUT2D eigenvalue weighted by Gasteiger charge is -2.22. The third-order valence-electron chi connectivity index (χ3n) is 5.95. The fourth-order valence-corrected chi connectivity index (χ4v) is 4.76. The van der Waals surface area contributed by atoms with Gasteiger partial charge in [-0.05, 0) is 50.8 Å². The van der Waals surface area contributed by atoms with Crippen molar-refractivity contribution in [3.05, 3.63) is 57.9 Å². The molecule has 7 heteroatoms. The number of aromatic hydroxyl groups is 1. The maximum absolute atomic E-state index is 13.5. The van der Waals surface area contributed by atoms with Crippen LogP contribution in [-0.4, -0.2) is 53.6 Å². The Kier molecular flexibility index (Phi) is 6.60. The number of phenolic OH excluding ortho intramolecular Hbond substituents is 1. The first-order valence-corrected chi connectivity index (χ1v) is 11.8. The number of aromatic nitrogens is 1. The molecule has 0 aliphatic heterocycles. The molecule has 4 aromatic rings. The van der Waals surface area contributed by atoms with Gasteiger partial charge in [-0.1, -0.05) is 26.0 Å². The van der Waals surface area contributed by atoms with Gasteiger partial charge in [0.05, 0.1) is 26.7 Å². The van der Waals surface area contributed by atoms with Gasteiger partial charge >= 0.3 is 0 Å². The highest BCUT2D eigenvalue weighted by Crippen LogP contribution is 2.34. The van der Waals surface area contributed by atoms with Gasteiger partial charge in [0.15, 0.2) is 0 Å². The van der Waals surface area contributed by atoms with Crippen molar-refractivity contribution in [2.24, 2.45) is 0 Å². The molecule has 0 aliphatic carbocycles. The van der Waals surface area contributed by atoms with Gasteiger partial charge in [0, 0.05) is 19.6 Å². The second kappa shape index (κ2) is 9.40. The second-order valence-corrected chi connectivity index (χ2v) is 9.22. The van der Waals surface area contributed by atoms with E-state index in [1.54, 1.807) is 6.07 Å². The predicted octanol–water partition coefficient (Wildman–Crippen LogP) is 4.72. The molecule has 0 radical (unpaired) electrons. The molecule has 2 heterocycles. The maximum Gasteiger partial charge on any atom is 0.202 e. The van der Waals surface area contributed by atoms with Crippen LogP contribution in [0.25, 0.3) is 31.8 Å². The smallest absolute Gasteiger partial charge is 0.202 e. The Morgan fingerprint density at radius 1 is 1.12 bits per heavy atom. The summed E-state index contributed by atoms with van der Waals surface area (Å²) in [7, 11) is 4.10. The lowest BCUT2D eigenvalue weighted by molar-refractivity contribution is 0.256. The zero-order valence-corrected chi connectivity index (χ0v) is 19.8. The molecule has 2 aromatic carbocycles. The zero-order chi connectivity index (χ0) is 22.8. The van der Waals surface area contributed by atoms with Crippen molar-refractivity contribution < 1.29 is 9.52 Å². The van der Waals surface area contributed by atoms with Crippen LogP contribution in [0.1, 0.15) is 25.0 Å². The molecule has 0 fully saturated rings. The van der Waals surface area contributed by atoms with Crippen molar-refractivity contribution in [3.8, 4) is 16.3 Å². The number of benzene rings is 2. The Morgan fingerprint density at radius 3 is 2.59 bits per heavy atom. The fourth-order valence-electron chi connectivity index (χ4n) is 3.79. The number of para-hydroxylation sites is 1. The van der Waals surface area contributed by atoms with Crippen molar-refractivity contribution >= 4 is 32.5 Å². The molecule has 0 aliphatic rings. The van der Waals surface area contributed by atoms with Crippen LogP contribution in [0.4, 0.5) is 0 Å². The molecule has 2 aromatic heterocycles. The summed E-state index contributed by atoms with van der Waals surface area (Å²) < 4.78 is 7.03. The minimum atomic E-state index is -0.116. The average Bonchev–Trinajstić information content (AvgIpc) is 3.23. The van der Waals surface area contributed by atoms with Crippen LogP contribution in [0.3, 0.4) is 0 Å². The number of aryl methyl sites for hydroxylation is 1. The van der Waals surface area contributed by atoms with Crippen LogP contribution in [0.5, 0.6) is 5.75 Å². The molecule has 168 valence electrons. The van der Waals surface area contributed by atoms with Gasteiger partial charge in [-0.3, -0.25) is 4.79 Å². The highest BCUT2D eigenvalue weighted by Gasteiger charge is 2.20. The van der Waals surface area contributed by atoms with Gasteiger partial charge in [0.25, 0.3) is 0 Å².